The molecule has 1 saturated heterocycles. The molecule has 0 radical (unpaired) electrons. The molecule has 1 aliphatic carbocycles. The first-order chi connectivity index (χ1) is 10.9. The minimum absolute atomic E-state index is 0.0194. The van der Waals surface area contributed by atoms with Crippen molar-refractivity contribution in [2.75, 3.05) is 0 Å². The van der Waals surface area contributed by atoms with E-state index in [1.165, 1.54) is 0 Å². The minimum Gasteiger partial charge on any atom is -0.343 e. The van der Waals surface area contributed by atoms with Gasteiger partial charge >= 0.3 is 0 Å². The van der Waals surface area contributed by atoms with Gasteiger partial charge in [-0.15, -0.1) is 0 Å². The van der Waals surface area contributed by atoms with Crippen LogP contribution in [0.25, 0.3) is 0 Å². The van der Waals surface area contributed by atoms with Crippen molar-refractivity contribution in [1.29, 1.82) is 0 Å². The summed E-state index contributed by atoms with van der Waals surface area (Å²) in [4.78, 5) is 25.7. The van der Waals surface area contributed by atoms with Crippen LogP contribution in [0.5, 0.6) is 0 Å². The van der Waals surface area contributed by atoms with E-state index in [4.69, 9.17) is 11.6 Å². The summed E-state index contributed by atoms with van der Waals surface area (Å²) in [5.41, 5.74) is 1.99. The summed E-state index contributed by atoms with van der Waals surface area (Å²) in [7, 11) is 0. The summed E-state index contributed by atoms with van der Waals surface area (Å²) in [6.07, 6.45) is 4.68. The first-order valence-corrected chi connectivity index (χ1v) is 8.88. The number of carbonyl (C=O) groups is 2. The van der Waals surface area contributed by atoms with Gasteiger partial charge in [-0.1, -0.05) is 31.0 Å². The molecule has 3 nitrogen and oxygen atoms in total. The van der Waals surface area contributed by atoms with Crippen LogP contribution in [0.3, 0.4) is 0 Å². The molecule has 1 spiro atoms. The second-order valence-electron chi connectivity index (χ2n) is 7.20. The zero-order chi connectivity index (χ0) is 16.8. The molecule has 1 saturated carbocycles. The largest absolute Gasteiger partial charge is 0.343 e. The number of aryl methyl sites for hydroxylation is 2. The molecule has 23 heavy (non-hydrogen) atoms. The van der Waals surface area contributed by atoms with Crippen LogP contribution >= 0.6 is 11.6 Å². The highest BCUT2D eigenvalue weighted by molar-refractivity contribution is 6.33. The van der Waals surface area contributed by atoms with Crippen LogP contribution in [0.4, 0.5) is 0 Å². The molecule has 1 N–H and O–H groups in total. The Hall–Kier alpha value is -1.35. The fourth-order valence-electron chi connectivity index (χ4n) is 4.27. The van der Waals surface area contributed by atoms with Gasteiger partial charge in [0, 0.05) is 5.02 Å². The third-order valence-corrected chi connectivity index (χ3v) is 5.98. The lowest BCUT2D eigenvalue weighted by molar-refractivity contribution is -0.126. The summed E-state index contributed by atoms with van der Waals surface area (Å²) in [5, 5.41) is 3.56. The quantitative estimate of drug-likeness (QED) is 0.829. The number of benzene rings is 1. The SMILES string of the molecule is CCC1CCC2(CC1)NC(=O)C(c1c(C)cc(C)cc1Cl)C2=O. The Kier molecular flexibility index (Phi) is 4.26. The first-order valence-electron chi connectivity index (χ1n) is 8.51. The molecule has 1 aliphatic heterocycles. The van der Waals surface area contributed by atoms with Crippen LogP contribution in [0.15, 0.2) is 12.1 Å². The zero-order valence-corrected chi connectivity index (χ0v) is 14.8. The normalized spacial score (nSPS) is 30.8. The van der Waals surface area contributed by atoms with E-state index in [-0.39, 0.29) is 11.7 Å². The number of hydrogen-bond donors (Lipinski definition) is 1. The molecule has 124 valence electrons. The molecule has 1 aromatic carbocycles. The van der Waals surface area contributed by atoms with Gasteiger partial charge in [0.05, 0.1) is 5.54 Å². The Labute approximate surface area is 142 Å². The van der Waals surface area contributed by atoms with E-state index in [9.17, 15) is 9.59 Å². The molecular weight excluding hydrogens is 310 g/mol. The maximum Gasteiger partial charge on any atom is 0.236 e. The lowest BCUT2D eigenvalue weighted by Gasteiger charge is -2.35. The molecule has 1 aromatic rings. The predicted molar refractivity (Wildman–Crippen MR) is 91.8 cm³/mol. The van der Waals surface area contributed by atoms with Crippen LogP contribution in [0.2, 0.25) is 5.02 Å². The van der Waals surface area contributed by atoms with E-state index in [1.807, 2.05) is 26.0 Å². The molecule has 1 atom stereocenters. The van der Waals surface area contributed by atoms with Gasteiger partial charge in [0.25, 0.3) is 0 Å². The van der Waals surface area contributed by atoms with Gasteiger partial charge < -0.3 is 5.32 Å². The smallest absolute Gasteiger partial charge is 0.236 e. The number of carbonyl (C=O) groups excluding carboxylic acids is 2. The number of hydrogen-bond acceptors (Lipinski definition) is 2. The van der Waals surface area contributed by atoms with Gasteiger partial charge in [0.1, 0.15) is 5.92 Å². The lowest BCUT2D eigenvalue weighted by atomic mass is 9.72. The predicted octanol–water partition coefficient (Wildman–Crippen LogP) is 4.08. The molecule has 2 aliphatic rings. The first kappa shape index (κ1) is 16.5. The average Bonchev–Trinajstić information content (AvgIpc) is 2.72. The highest BCUT2D eigenvalue weighted by Gasteiger charge is 2.54. The Morgan fingerprint density at radius 3 is 2.43 bits per heavy atom. The molecule has 0 aromatic heterocycles. The van der Waals surface area contributed by atoms with Crippen molar-refractivity contribution < 1.29 is 9.59 Å². The third kappa shape index (κ3) is 2.69. The van der Waals surface area contributed by atoms with Crippen molar-refractivity contribution >= 4 is 23.3 Å². The minimum atomic E-state index is -0.749. The second kappa shape index (κ2) is 5.94. The van der Waals surface area contributed by atoms with Crippen LogP contribution in [-0.4, -0.2) is 17.2 Å². The fourth-order valence-corrected chi connectivity index (χ4v) is 4.70. The van der Waals surface area contributed by atoms with Gasteiger partial charge in [-0.05, 0) is 68.2 Å². The molecule has 0 bridgehead atoms. The van der Waals surface area contributed by atoms with Crippen LogP contribution in [0.1, 0.15) is 61.6 Å². The number of amides is 1. The second-order valence-corrected chi connectivity index (χ2v) is 7.60. The van der Waals surface area contributed by atoms with E-state index in [1.54, 1.807) is 0 Å². The fraction of sp³-hybridized carbons (Fsp3) is 0.579. The van der Waals surface area contributed by atoms with Gasteiger partial charge in [-0.3, -0.25) is 9.59 Å². The maximum atomic E-state index is 13.1. The van der Waals surface area contributed by atoms with Crippen molar-refractivity contribution in [2.24, 2.45) is 5.92 Å². The molecule has 1 amide bonds. The Morgan fingerprint density at radius 2 is 1.87 bits per heavy atom. The van der Waals surface area contributed by atoms with Gasteiger partial charge in [0.2, 0.25) is 5.91 Å². The van der Waals surface area contributed by atoms with Crippen molar-refractivity contribution in [2.45, 2.75) is 64.3 Å². The average molecular weight is 334 g/mol. The van der Waals surface area contributed by atoms with E-state index < -0.39 is 11.5 Å². The van der Waals surface area contributed by atoms with E-state index in [2.05, 4.69) is 12.2 Å². The third-order valence-electron chi connectivity index (χ3n) is 5.66. The van der Waals surface area contributed by atoms with Crippen molar-refractivity contribution in [3.8, 4) is 0 Å². The molecule has 3 rings (SSSR count). The summed E-state index contributed by atoms with van der Waals surface area (Å²) in [5.74, 6) is -0.236. The lowest BCUT2D eigenvalue weighted by Crippen LogP contribution is -2.49. The zero-order valence-electron chi connectivity index (χ0n) is 14.0. The number of ketones is 1. The number of nitrogens with one attached hydrogen (secondary N) is 1. The Balaban J connectivity index is 1.94. The monoisotopic (exact) mass is 333 g/mol. The van der Waals surface area contributed by atoms with Crippen molar-refractivity contribution in [1.82, 2.24) is 5.32 Å². The highest BCUT2D eigenvalue weighted by Crippen LogP contribution is 2.43. The number of halogens is 1. The Bertz CT molecular complexity index is 636. The molecule has 4 heteroatoms. The van der Waals surface area contributed by atoms with Crippen molar-refractivity contribution in [3.05, 3.63) is 33.8 Å². The Morgan fingerprint density at radius 1 is 1.22 bits per heavy atom. The molecule has 1 heterocycles. The number of rotatable bonds is 2. The highest BCUT2D eigenvalue weighted by atomic mass is 35.5. The van der Waals surface area contributed by atoms with Gasteiger partial charge in [0.15, 0.2) is 5.78 Å². The standard InChI is InChI=1S/C19H24ClNO2/c1-4-13-5-7-19(8-6-13)17(22)16(18(23)21-19)15-12(3)9-11(2)10-14(15)20/h9-10,13,16H,4-8H2,1-3H3,(H,21,23). The topological polar surface area (TPSA) is 46.2 Å². The van der Waals surface area contributed by atoms with Crippen LogP contribution in [-0.2, 0) is 9.59 Å². The van der Waals surface area contributed by atoms with E-state index >= 15 is 0 Å². The van der Waals surface area contributed by atoms with Gasteiger partial charge in [-0.25, -0.2) is 0 Å². The summed E-state index contributed by atoms with van der Waals surface area (Å²) in [6.45, 7) is 6.08. The van der Waals surface area contributed by atoms with E-state index in [0.29, 0.717) is 16.5 Å². The van der Waals surface area contributed by atoms with Crippen molar-refractivity contribution in [3.63, 3.8) is 0 Å². The molecule has 1 unspecified atom stereocenters. The van der Waals surface area contributed by atoms with Gasteiger partial charge in [-0.2, -0.15) is 0 Å². The van der Waals surface area contributed by atoms with Crippen LogP contribution < -0.4 is 5.32 Å². The summed E-state index contributed by atoms with van der Waals surface area (Å²) < 4.78 is 0. The molecule has 2 fully saturated rings. The van der Waals surface area contributed by atoms with E-state index in [0.717, 1.165) is 43.2 Å². The maximum absolute atomic E-state index is 13.1. The molecular formula is C19H24ClNO2. The number of Topliss-reactive ketones (excluding diaryl/α,β-unsaturated/α-hetero) is 1. The summed E-state index contributed by atoms with van der Waals surface area (Å²) in [6, 6.07) is 3.82. The van der Waals surface area contributed by atoms with Crippen LogP contribution in [0, 0.1) is 19.8 Å². The summed E-state index contributed by atoms with van der Waals surface area (Å²) >= 11 is 6.39.